The summed E-state index contributed by atoms with van der Waals surface area (Å²) in [6.07, 6.45) is 1.60. The van der Waals surface area contributed by atoms with Crippen molar-refractivity contribution in [3.63, 3.8) is 0 Å². The van der Waals surface area contributed by atoms with E-state index in [1.54, 1.807) is 35.8 Å². The van der Waals surface area contributed by atoms with Gasteiger partial charge in [0.25, 0.3) is 0 Å². The molecule has 6 nitrogen and oxygen atoms in total. The first-order valence-electron chi connectivity index (χ1n) is 5.52. The minimum atomic E-state index is -0.546. The van der Waals surface area contributed by atoms with Gasteiger partial charge in [-0.2, -0.15) is 0 Å². The number of hydrogen-bond acceptors (Lipinski definition) is 5. The lowest BCUT2D eigenvalue weighted by molar-refractivity contribution is -0.116. The molecular weight excluding hydrogens is 266 g/mol. The number of hydrogen-bond donors (Lipinski definition) is 1. The van der Waals surface area contributed by atoms with Gasteiger partial charge in [0, 0.05) is 11.6 Å². The molecule has 0 spiro atoms. The second-order valence-corrected chi connectivity index (χ2v) is 4.70. The van der Waals surface area contributed by atoms with Crippen LogP contribution >= 0.6 is 11.3 Å². The van der Waals surface area contributed by atoms with E-state index in [0.29, 0.717) is 16.2 Å². The number of nitrogens with one attached hydrogen (secondary N) is 1. The van der Waals surface area contributed by atoms with Gasteiger partial charge in [0.2, 0.25) is 5.91 Å². The average molecular weight is 275 g/mol. The Hall–Kier alpha value is -2.41. The number of nitrogens with zero attached hydrogens (tertiary/aromatic N) is 2. The molecule has 2 aromatic heterocycles. The molecule has 0 bridgehead atoms. The Morgan fingerprint density at radius 1 is 1.42 bits per heavy atom. The van der Waals surface area contributed by atoms with Gasteiger partial charge < -0.3 is 9.73 Å². The molecule has 19 heavy (non-hydrogen) atoms. The summed E-state index contributed by atoms with van der Waals surface area (Å²) in [5, 5.41) is 4.88. The first-order chi connectivity index (χ1) is 9.24. The molecule has 2 heterocycles. The Balaban J connectivity index is 1.87. The fourth-order valence-corrected chi connectivity index (χ4v) is 2.30. The molecular formula is C12H9N3O3S. The van der Waals surface area contributed by atoms with E-state index in [-0.39, 0.29) is 12.5 Å². The molecule has 1 aromatic carbocycles. The second-order valence-electron chi connectivity index (χ2n) is 3.81. The average Bonchev–Trinajstić information content (AvgIpc) is 2.99. The van der Waals surface area contributed by atoms with Crippen molar-refractivity contribution < 1.29 is 9.21 Å². The Morgan fingerprint density at radius 3 is 3.05 bits per heavy atom. The summed E-state index contributed by atoms with van der Waals surface area (Å²) in [6.45, 7) is -0.102. The molecule has 0 saturated heterocycles. The Labute approximate surface area is 111 Å². The van der Waals surface area contributed by atoms with Crippen LogP contribution in [-0.4, -0.2) is 15.5 Å². The van der Waals surface area contributed by atoms with Crippen molar-refractivity contribution in [2.75, 3.05) is 5.32 Å². The number of aromatic nitrogens is 2. The standard InChI is InChI=1S/C12H9N3O3S/c16-10(14-11-13-5-6-19-11)7-15-8-3-1-2-4-9(8)18-12(15)17/h1-6H,7H2,(H,13,14,16). The predicted octanol–water partition coefficient (Wildman–Crippen LogP) is 1.69. The molecule has 0 fully saturated rings. The van der Waals surface area contributed by atoms with Crippen molar-refractivity contribution >= 4 is 33.5 Å². The van der Waals surface area contributed by atoms with Gasteiger partial charge in [0.1, 0.15) is 6.54 Å². The van der Waals surface area contributed by atoms with Gasteiger partial charge in [-0.3, -0.25) is 9.36 Å². The number of thiazole rings is 1. The fourth-order valence-electron chi connectivity index (χ4n) is 1.75. The Kier molecular flexibility index (Phi) is 2.88. The third kappa shape index (κ3) is 2.27. The van der Waals surface area contributed by atoms with Crippen LogP contribution in [0.15, 0.2) is 45.1 Å². The van der Waals surface area contributed by atoms with Crippen molar-refractivity contribution in [1.29, 1.82) is 0 Å². The molecule has 0 aliphatic rings. The maximum Gasteiger partial charge on any atom is 0.420 e. The second kappa shape index (κ2) is 4.69. The number of anilines is 1. The topological polar surface area (TPSA) is 77.1 Å². The zero-order valence-corrected chi connectivity index (χ0v) is 10.5. The molecule has 0 saturated carbocycles. The Bertz CT molecular complexity index is 773. The van der Waals surface area contributed by atoms with E-state index in [0.717, 1.165) is 0 Å². The van der Waals surface area contributed by atoms with Gasteiger partial charge in [-0.05, 0) is 12.1 Å². The molecule has 0 unspecified atom stereocenters. The molecule has 0 aliphatic carbocycles. The fraction of sp³-hybridized carbons (Fsp3) is 0.0833. The number of fused-ring (bicyclic) bond motifs is 1. The van der Waals surface area contributed by atoms with Gasteiger partial charge >= 0.3 is 5.76 Å². The predicted molar refractivity (Wildman–Crippen MR) is 71.2 cm³/mol. The van der Waals surface area contributed by atoms with Crippen molar-refractivity contribution in [2.24, 2.45) is 0 Å². The third-order valence-corrected chi connectivity index (χ3v) is 3.24. The molecule has 0 aliphatic heterocycles. The third-order valence-electron chi connectivity index (χ3n) is 2.55. The zero-order chi connectivity index (χ0) is 13.2. The van der Waals surface area contributed by atoms with E-state index in [1.165, 1.54) is 15.9 Å². The smallest absolute Gasteiger partial charge is 0.408 e. The molecule has 7 heteroatoms. The maximum atomic E-state index is 11.8. The van der Waals surface area contributed by atoms with Gasteiger partial charge in [-0.1, -0.05) is 12.1 Å². The lowest BCUT2D eigenvalue weighted by Gasteiger charge is -2.02. The normalized spacial score (nSPS) is 10.7. The van der Waals surface area contributed by atoms with Crippen LogP contribution in [0.5, 0.6) is 0 Å². The zero-order valence-electron chi connectivity index (χ0n) is 9.70. The van der Waals surface area contributed by atoms with Gasteiger partial charge in [-0.15, -0.1) is 11.3 Å². The maximum absolute atomic E-state index is 11.8. The Morgan fingerprint density at radius 2 is 2.26 bits per heavy atom. The van der Waals surface area contributed by atoms with Gasteiger partial charge in [-0.25, -0.2) is 9.78 Å². The molecule has 96 valence electrons. The summed E-state index contributed by atoms with van der Waals surface area (Å²) in [4.78, 5) is 27.5. The van der Waals surface area contributed by atoms with Crippen LogP contribution in [0.1, 0.15) is 0 Å². The highest BCUT2D eigenvalue weighted by Gasteiger charge is 2.12. The molecule has 1 N–H and O–H groups in total. The SMILES string of the molecule is O=C(Cn1c(=O)oc2ccccc21)Nc1nccs1. The van der Waals surface area contributed by atoms with Crippen LogP contribution in [-0.2, 0) is 11.3 Å². The lowest BCUT2D eigenvalue weighted by Crippen LogP contribution is -2.24. The van der Waals surface area contributed by atoms with Gasteiger partial charge in [0.15, 0.2) is 10.7 Å². The van der Waals surface area contributed by atoms with Crippen LogP contribution in [0.3, 0.4) is 0 Å². The van der Waals surface area contributed by atoms with Crippen LogP contribution in [0.2, 0.25) is 0 Å². The highest BCUT2D eigenvalue weighted by Crippen LogP contribution is 2.13. The van der Waals surface area contributed by atoms with E-state index in [1.807, 2.05) is 0 Å². The highest BCUT2D eigenvalue weighted by molar-refractivity contribution is 7.13. The van der Waals surface area contributed by atoms with E-state index >= 15 is 0 Å². The van der Waals surface area contributed by atoms with Crippen molar-refractivity contribution in [3.05, 3.63) is 46.4 Å². The van der Waals surface area contributed by atoms with E-state index < -0.39 is 5.76 Å². The van der Waals surface area contributed by atoms with E-state index in [4.69, 9.17) is 4.42 Å². The molecule has 3 aromatic rings. The van der Waals surface area contributed by atoms with E-state index in [9.17, 15) is 9.59 Å². The first-order valence-corrected chi connectivity index (χ1v) is 6.40. The number of benzene rings is 1. The molecule has 0 radical (unpaired) electrons. The minimum Gasteiger partial charge on any atom is -0.408 e. The summed E-state index contributed by atoms with van der Waals surface area (Å²) in [5.74, 6) is -0.862. The number of oxazole rings is 1. The summed E-state index contributed by atoms with van der Waals surface area (Å²) in [5.41, 5.74) is 1.07. The quantitative estimate of drug-likeness (QED) is 0.789. The van der Waals surface area contributed by atoms with Crippen LogP contribution in [0, 0.1) is 0 Å². The minimum absolute atomic E-state index is 0.102. The van der Waals surface area contributed by atoms with Gasteiger partial charge in [0.05, 0.1) is 5.52 Å². The largest absolute Gasteiger partial charge is 0.420 e. The van der Waals surface area contributed by atoms with E-state index in [2.05, 4.69) is 10.3 Å². The lowest BCUT2D eigenvalue weighted by atomic mass is 10.3. The number of amides is 1. The summed E-state index contributed by atoms with van der Waals surface area (Å²) < 4.78 is 6.34. The van der Waals surface area contributed by atoms with Crippen molar-refractivity contribution in [2.45, 2.75) is 6.54 Å². The monoisotopic (exact) mass is 275 g/mol. The summed E-state index contributed by atoms with van der Waals surface area (Å²) >= 11 is 1.32. The number of rotatable bonds is 3. The number of carbonyl (C=O) groups excluding carboxylic acids is 1. The van der Waals surface area contributed by atoms with Crippen LogP contribution in [0.4, 0.5) is 5.13 Å². The molecule has 0 atom stereocenters. The van der Waals surface area contributed by atoms with Crippen molar-refractivity contribution in [1.82, 2.24) is 9.55 Å². The molecule has 3 rings (SSSR count). The van der Waals surface area contributed by atoms with Crippen molar-refractivity contribution in [3.8, 4) is 0 Å². The summed E-state index contributed by atoms with van der Waals surface area (Å²) in [7, 11) is 0. The first kappa shape index (κ1) is 11.7. The summed E-state index contributed by atoms with van der Waals surface area (Å²) in [6, 6.07) is 6.97. The molecule has 1 amide bonds. The van der Waals surface area contributed by atoms with Crippen LogP contribution < -0.4 is 11.1 Å². The van der Waals surface area contributed by atoms with Crippen LogP contribution in [0.25, 0.3) is 11.1 Å². The number of para-hydroxylation sites is 2. The highest BCUT2D eigenvalue weighted by atomic mass is 32.1. The number of carbonyl (C=O) groups is 1.